The molecule has 0 saturated heterocycles. The van der Waals surface area contributed by atoms with E-state index in [0.717, 1.165) is 100 Å². The highest BCUT2D eigenvalue weighted by Gasteiger charge is 2.30. The van der Waals surface area contributed by atoms with Gasteiger partial charge in [-0.1, -0.05) is 97.1 Å². The van der Waals surface area contributed by atoms with Gasteiger partial charge in [0.2, 0.25) is 0 Å². The number of phenols is 2. The maximum atomic E-state index is 11.9. The van der Waals surface area contributed by atoms with Crippen molar-refractivity contribution in [3.63, 3.8) is 0 Å². The normalized spacial score (nSPS) is 12.0. The maximum Gasteiger partial charge on any atom is 0.124 e. The molecule has 0 saturated carbocycles. The molecule has 4 nitrogen and oxygen atoms in total. The summed E-state index contributed by atoms with van der Waals surface area (Å²) in [5, 5.41) is 32.3. The lowest BCUT2D eigenvalue weighted by atomic mass is 9.86. The predicted octanol–water partition coefficient (Wildman–Crippen LogP) is 11.0. The molecule has 0 radical (unpaired) electrons. The minimum absolute atomic E-state index is 0.253. The quantitative estimate of drug-likeness (QED) is 0.212. The van der Waals surface area contributed by atoms with Gasteiger partial charge in [-0.2, -0.15) is 0 Å². The van der Waals surface area contributed by atoms with Gasteiger partial charge in [-0.05, 0) is 59.7 Å². The molecular formula is C42H32N2O2. The summed E-state index contributed by atoms with van der Waals surface area (Å²) in [7, 11) is 0. The number of benzene rings is 7. The van der Waals surface area contributed by atoms with Crippen LogP contribution in [0.15, 0.2) is 121 Å². The van der Waals surface area contributed by atoms with Crippen molar-refractivity contribution in [1.29, 1.82) is 0 Å². The second kappa shape index (κ2) is 9.88. The Labute approximate surface area is 266 Å². The number of rotatable bonds is 4. The van der Waals surface area contributed by atoms with Crippen molar-refractivity contribution in [3.8, 4) is 33.8 Å². The van der Waals surface area contributed by atoms with Crippen molar-refractivity contribution in [3.05, 3.63) is 121 Å². The van der Waals surface area contributed by atoms with Crippen LogP contribution in [-0.2, 0) is 13.1 Å². The van der Waals surface area contributed by atoms with Crippen molar-refractivity contribution in [2.75, 3.05) is 0 Å². The van der Waals surface area contributed by atoms with Crippen LogP contribution in [-0.4, -0.2) is 19.3 Å². The third-order valence-corrected chi connectivity index (χ3v) is 9.86. The summed E-state index contributed by atoms with van der Waals surface area (Å²) >= 11 is 0. The zero-order chi connectivity index (χ0) is 31.1. The fourth-order valence-corrected chi connectivity index (χ4v) is 8.06. The Hall–Kier alpha value is -5.74. The number of hydrogen-bond acceptors (Lipinski definition) is 2. The number of nitrogens with zero attached hydrogens (tertiary/aromatic N) is 2. The van der Waals surface area contributed by atoms with E-state index in [2.05, 4.69) is 95.8 Å². The van der Waals surface area contributed by atoms with Crippen LogP contribution in [0.4, 0.5) is 0 Å². The number of aryl methyl sites for hydroxylation is 2. The number of hydrogen-bond donors (Lipinski definition) is 2. The molecule has 0 aliphatic heterocycles. The first-order valence-corrected chi connectivity index (χ1v) is 16.0. The van der Waals surface area contributed by atoms with Crippen LogP contribution >= 0.6 is 0 Å². The van der Waals surface area contributed by atoms with Crippen LogP contribution in [0.5, 0.6) is 11.5 Å². The average molecular weight is 597 g/mol. The molecule has 0 aliphatic rings. The maximum absolute atomic E-state index is 11.9. The van der Waals surface area contributed by atoms with Crippen LogP contribution < -0.4 is 0 Å². The number of para-hydroxylation sites is 2. The van der Waals surface area contributed by atoms with E-state index >= 15 is 0 Å². The molecule has 2 aromatic heterocycles. The SMILES string of the molecule is CCn1c2ccccc2c2c(-c3c(O)ccc4ccccc34)c3c(c(-c4c(O)ccc5ccccc45)c21)c1ccccc1n3CC. The lowest BCUT2D eigenvalue weighted by molar-refractivity contribution is 0.477. The first-order chi connectivity index (χ1) is 22.6. The predicted molar refractivity (Wildman–Crippen MR) is 193 cm³/mol. The number of fused-ring (bicyclic) bond motifs is 8. The summed E-state index contributed by atoms with van der Waals surface area (Å²) in [5.74, 6) is 0.506. The van der Waals surface area contributed by atoms with Gasteiger partial charge < -0.3 is 19.3 Å². The Morgan fingerprint density at radius 2 is 0.783 bits per heavy atom. The summed E-state index contributed by atoms with van der Waals surface area (Å²) in [6, 6.07) is 41.5. The lowest BCUT2D eigenvalue weighted by Crippen LogP contribution is -2.00. The lowest BCUT2D eigenvalue weighted by Gasteiger charge is -2.20. The van der Waals surface area contributed by atoms with Crippen molar-refractivity contribution in [1.82, 2.24) is 9.13 Å². The van der Waals surface area contributed by atoms with Crippen molar-refractivity contribution < 1.29 is 10.2 Å². The zero-order valence-electron chi connectivity index (χ0n) is 25.8. The molecule has 2 N–H and O–H groups in total. The molecule has 2 heterocycles. The second-order valence-electron chi connectivity index (χ2n) is 12.1. The molecule has 0 aliphatic carbocycles. The van der Waals surface area contributed by atoms with E-state index in [1.165, 1.54) is 0 Å². The Balaban J connectivity index is 1.70. The van der Waals surface area contributed by atoms with E-state index in [-0.39, 0.29) is 11.5 Å². The summed E-state index contributed by atoms with van der Waals surface area (Å²) in [5.41, 5.74) is 8.07. The highest BCUT2D eigenvalue weighted by Crippen LogP contribution is 2.55. The molecule has 222 valence electrons. The van der Waals surface area contributed by atoms with Crippen LogP contribution in [0.1, 0.15) is 13.8 Å². The summed E-state index contributed by atoms with van der Waals surface area (Å²) in [6.07, 6.45) is 0. The van der Waals surface area contributed by atoms with Gasteiger partial charge in [0.1, 0.15) is 11.5 Å². The Morgan fingerprint density at radius 1 is 0.413 bits per heavy atom. The molecular weight excluding hydrogens is 564 g/mol. The van der Waals surface area contributed by atoms with Crippen molar-refractivity contribution >= 4 is 65.2 Å². The van der Waals surface area contributed by atoms with Gasteiger partial charge in [-0.3, -0.25) is 0 Å². The molecule has 46 heavy (non-hydrogen) atoms. The van der Waals surface area contributed by atoms with E-state index in [0.29, 0.717) is 0 Å². The molecule has 9 aromatic rings. The fraction of sp³-hybridized carbons (Fsp3) is 0.0952. The number of phenolic OH excluding ortho intramolecular Hbond substituents is 2. The van der Waals surface area contributed by atoms with Gasteiger partial charge in [0.25, 0.3) is 0 Å². The van der Waals surface area contributed by atoms with E-state index in [1.54, 1.807) is 0 Å². The summed E-state index contributed by atoms with van der Waals surface area (Å²) in [4.78, 5) is 0. The molecule has 0 amide bonds. The Bertz CT molecular complexity index is 2510. The molecule has 9 rings (SSSR count). The van der Waals surface area contributed by atoms with Crippen LogP contribution in [0, 0.1) is 0 Å². The first-order valence-electron chi connectivity index (χ1n) is 16.0. The molecule has 7 aromatic carbocycles. The third kappa shape index (κ3) is 3.44. The highest BCUT2D eigenvalue weighted by atomic mass is 16.3. The molecule has 0 fully saturated rings. The molecule has 0 spiro atoms. The Morgan fingerprint density at radius 3 is 1.20 bits per heavy atom. The average Bonchev–Trinajstić information content (AvgIpc) is 3.61. The van der Waals surface area contributed by atoms with Crippen LogP contribution in [0.25, 0.3) is 87.4 Å². The minimum atomic E-state index is 0.253. The van der Waals surface area contributed by atoms with Gasteiger partial charge in [0.05, 0.1) is 11.0 Å². The van der Waals surface area contributed by atoms with Crippen molar-refractivity contribution in [2.24, 2.45) is 0 Å². The third-order valence-electron chi connectivity index (χ3n) is 9.86. The van der Waals surface area contributed by atoms with Crippen LogP contribution in [0.3, 0.4) is 0 Å². The summed E-state index contributed by atoms with van der Waals surface area (Å²) < 4.78 is 4.79. The molecule has 0 atom stereocenters. The largest absolute Gasteiger partial charge is 0.507 e. The zero-order valence-corrected chi connectivity index (χ0v) is 25.8. The van der Waals surface area contributed by atoms with Crippen molar-refractivity contribution in [2.45, 2.75) is 26.9 Å². The number of aromatic nitrogens is 2. The fourth-order valence-electron chi connectivity index (χ4n) is 8.06. The number of aromatic hydroxyl groups is 2. The van der Waals surface area contributed by atoms with Gasteiger partial charge in [0, 0.05) is 67.9 Å². The second-order valence-corrected chi connectivity index (χ2v) is 12.1. The van der Waals surface area contributed by atoms with Gasteiger partial charge in [-0.25, -0.2) is 0 Å². The monoisotopic (exact) mass is 596 g/mol. The Kier molecular flexibility index (Phi) is 5.72. The van der Waals surface area contributed by atoms with Gasteiger partial charge >= 0.3 is 0 Å². The van der Waals surface area contributed by atoms with Crippen LogP contribution in [0.2, 0.25) is 0 Å². The minimum Gasteiger partial charge on any atom is -0.507 e. The highest BCUT2D eigenvalue weighted by molar-refractivity contribution is 6.35. The molecule has 0 unspecified atom stereocenters. The summed E-state index contributed by atoms with van der Waals surface area (Å²) in [6.45, 7) is 5.85. The van der Waals surface area contributed by atoms with E-state index in [1.807, 2.05) is 48.5 Å². The smallest absolute Gasteiger partial charge is 0.124 e. The first kappa shape index (κ1) is 26.6. The topological polar surface area (TPSA) is 50.3 Å². The molecule has 4 heteroatoms. The van der Waals surface area contributed by atoms with Gasteiger partial charge in [-0.15, -0.1) is 0 Å². The standard InChI is InChI=1S/C42H32N2O2/c1-3-43-31-19-11-9-17-29(31)37-40(36-28-16-8-6-14-26(28)22-24-34(36)46)42-38(30-18-10-12-20-32(30)44(42)4-2)39(41(37)43)35-27-15-7-5-13-25(27)21-23-33(35)45/h5-24,45-46H,3-4H2,1-2H3. The molecule has 0 bridgehead atoms. The van der Waals surface area contributed by atoms with E-state index in [9.17, 15) is 10.2 Å². The van der Waals surface area contributed by atoms with E-state index < -0.39 is 0 Å². The van der Waals surface area contributed by atoms with E-state index in [4.69, 9.17) is 0 Å². The van der Waals surface area contributed by atoms with Gasteiger partial charge in [0.15, 0.2) is 0 Å².